The van der Waals surface area contributed by atoms with Crippen molar-refractivity contribution in [3.05, 3.63) is 30.3 Å². The summed E-state index contributed by atoms with van der Waals surface area (Å²) in [7, 11) is -4.44. The van der Waals surface area contributed by atoms with E-state index in [2.05, 4.69) is 5.11 Å². The number of aromatic hydroxyl groups is 1. The van der Waals surface area contributed by atoms with Gasteiger partial charge in [-0.1, -0.05) is 24.3 Å². The number of phenolic OH excluding ortho intramolecular Hbond substituents is 1. The number of rotatable bonds is 2. The van der Waals surface area contributed by atoms with Crippen LogP contribution < -0.4 is 0 Å². The zero-order valence-electron chi connectivity index (χ0n) is 8.86. The zero-order chi connectivity index (χ0) is 12.6. The van der Waals surface area contributed by atoms with Crippen molar-refractivity contribution in [2.75, 3.05) is 0 Å². The quantitative estimate of drug-likeness (QED) is 0.582. The lowest BCUT2D eigenvalue weighted by Crippen LogP contribution is -1.99. The van der Waals surface area contributed by atoms with Gasteiger partial charge in [-0.2, -0.15) is 13.5 Å². The Morgan fingerprint density at radius 3 is 2.22 bits per heavy atom. The molecule has 0 unspecified atom stereocenters. The minimum Gasteiger partial charge on any atom is -0.506 e. The van der Waals surface area contributed by atoms with Gasteiger partial charge in [-0.3, -0.25) is 4.55 Å². The molecule has 2 aromatic rings. The molecular weight excluding hydrogens is 280 g/mol. The van der Waals surface area contributed by atoms with Crippen LogP contribution in [-0.2, 0) is 10.1 Å². The molecule has 0 aliphatic heterocycles. The number of nitrogens with zero attached hydrogens (tertiary/aromatic N) is 1. The van der Waals surface area contributed by atoms with Crippen LogP contribution in [0.2, 0.25) is 0 Å². The van der Waals surface area contributed by atoms with Gasteiger partial charge in [0.2, 0.25) is 0 Å². The molecule has 0 fully saturated rings. The molecule has 8 heteroatoms. The molecule has 0 aliphatic carbocycles. The molecule has 0 saturated heterocycles. The van der Waals surface area contributed by atoms with E-state index in [4.69, 9.17) is 10.1 Å². The van der Waals surface area contributed by atoms with E-state index in [0.717, 1.165) is 6.07 Å². The van der Waals surface area contributed by atoms with Gasteiger partial charge >= 0.3 is 0 Å². The Morgan fingerprint density at radius 2 is 1.72 bits per heavy atom. The van der Waals surface area contributed by atoms with Crippen LogP contribution in [0, 0.1) is 5.53 Å². The summed E-state index contributed by atoms with van der Waals surface area (Å²) in [6.07, 6.45) is 0. The molecule has 0 amide bonds. The van der Waals surface area contributed by atoms with Gasteiger partial charge in [-0.05, 0) is 0 Å². The van der Waals surface area contributed by atoms with E-state index in [0.29, 0.717) is 0 Å². The number of fused-ring (bicyclic) bond motifs is 1. The summed E-state index contributed by atoms with van der Waals surface area (Å²) in [5.41, 5.74) is 6.91. The minimum atomic E-state index is -4.44. The van der Waals surface area contributed by atoms with Crippen molar-refractivity contribution in [2.45, 2.75) is 4.90 Å². The smallest absolute Gasteiger partial charge is 0.295 e. The first kappa shape index (κ1) is 14.4. The molecule has 0 bridgehead atoms. The third kappa shape index (κ3) is 2.28. The monoisotopic (exact) mass is 288 g/mol. The SMILES string of the molecule is Cl.N=Nc1c(O)cc(S(=O)(=O)O)c2ccccc12. The van der Waals surface area contributed by atoms with Crippen molar-refractivity contribution in [2.24, 2.45) is 5.11 Å². The van der Waals surface area contributed by atoms with Gasteiger partial charge in [0.15, 0.2) is 0 Å². The standard InChI is InChI=1S/C10H8N2O4S.ClH/c11-12-10-7-4-2-1-3-6(7)9(5-8(10)13)17(14,15)16;/h1-5,11,13H,(H,14,15,16);1H. The third-order valence-electron chi connectivity index (χ3n) is 2.35. The maximum absolute atomic E-state index is 11.2. The van der Waals surface area contributed by atoms with E-state index >= 15 is 0 Å². The molecule has 0 aromatic heterocycles. The molecule has 6 nitrogen and oxygen atoms in total. The molecule has 0 spiro atoms. The third-order valence-corrected chi connectivity index (χ3v) is 3.24. The Morgan fingerprint density at radius 1 is 1.17 bits per heavy atom. The van der Waals surface area contributed by atoms with Crippen molar-refractivity contribution in [1.82, 2.24) is 0 Å². The van der Waals surface area contributed by atoms with Gasteiger partial charge in [0.05, 0.1) is 0 Å². The molecule has 0 atom stereocenters. The summed E-state index contributed by atoms with van der Waals surface area (Å²) in [6.45, 7) is 0. The second-order valence-corrected chi connectivity index (χ2v) is 4.76. The average molecular weight is 289 g/mol. The van der Waals surface area contributed by atoms with Crippen LogP contribution in [-0.4, -0.2) is 18.1 Å². The van der Waals surface area contributed by atoms with Gasteiger partial charge in [0.1, 0.15) is 16.3 Å². The van der Waals surface area contributed by atoms with Gasteiger partial charge in [-0.25, -0.2) is 5.53 Å². The van der Waals surface area contributed by atoms with Crippen LogP contribution in [0.3, 0.4) is 0 Å². The van der Waals surface area contributed by atoms with Crippen LogP contribution in [0.25, 0.3) is 10.8 Å². The second kappa shape index (κ2) is 4.89. The summed E-state index contributed by atoms with van der Waals surface area (Å²) in [4.78, 5) is -0.405. The number of benzene rings is 2. The highest BCUT2D eigenvalue weighted by atomic mass is 35.5. The maximum atomic E-state index is 11.2. The molecule has 0 aliphatic rings. The number of phenols is 1. The molecule has 3 N–H and O–H groups in total. The number of hydrogen-bond acceptors (Lipinski definition) is 5. The summed E-state index contributed by atoms with van der Waals surface area (Å²) < 4.78 is 31.4. The predicted octanol–water partition coefficient (Wildman–Crippen LogP) is 2.88. The van der Waals surface area contributed by atoms with E-state index in [1.54, 1.807) is 12.1 Å². The van der Waals surface area contributed by atoms with E-state index in [9.17, 15) is 13.5 Å². The summed E-state index contributed by atoms with van der Waals surface area (Å²) in [5.74, 6) is -0.466. The van der Waals surface area contributed by atoms with E-state index < -0.39 is 20.8 Å². The molecule has 96 valence electrons. The Hall–Kier alpha value is -1.70. The average Bonchev–Trinajstić information content (AvgIpc) is 2.27. The number of halogens is 1. The highest BCUT2D eigenvalue weighted by Crippen LogP contribution is 2.38. The van der Waals surface area contributed by atoms with Gasteiger partial charge in [-0.15, -0.1) is 12.4 Å². The fourth-order valence-electron chi connectivity index (χ4n) is 1.64. The van der Waals surface area contributed by atoms with Crippen LogP contribution in [0.4, 0.5) is 5.69 Å². The van der Waals surface area contributed by atoms with Gasteiger partial charge in [0.25, 0.3) is 10.1 Å². The highest BCUT2D eigenvalue weighted by molar-refractivity contribution is 7.86. The molecule has 18 heavy (non-hydrogen) atoms. The summed E-state index contributed by atoms with van der Waals surface area (Å²) in [5, 5.41) is 13.2. The maximum Gasteiger partial charge on any atom is 0.295 e. The molecule has 0 heterocycles. The fraction of sp³-hybridized carbons (Fsp3) is 0. The first-order valence-electron chi connectivity index (χ1n) is 4.55. The first-order valence-corrected chi connectivity index (χ1v) is 5.99. The molecular formula is C10H9ClN2O4S. The fourth-order valence-corrected chi connectivity index (χ4v) is 2.36. The first-order chi connectivity index (χ1) is 7.95. The number of nitrogens with one attached hydrogen (secondary N) is 1. The van der Waals surface area contributed by atoms with E-state index in [1.807, 2.05) is 0 Å². The topological polar surface area (TPSA) is 111 Å². The highest BCUT2D eigenvalue weighted by Gasteiger charge is 2.18. The van der Waals surface area contributed by atoms with Crippen molar-refractivity contribution in [3.63, 3.8) is 0 Å². The van der Waals surface area contributed by atoms with Crippen molar-refractivity contribution in [1.29, 1.82) is 5.53 Å². The summed E-state index contributed by atoms with van der Waals surface area (Å²) >= 11 is 0. The van der Waals surface area contributed by atoms with Crippen LogP contribution in [0.5, 0.6) is 5.75 Å². The minimum absolute atomic E-state index is 0. The Kier molecular flexibility index (Phi) is 3.90. The lowest BCUT2D eigenvalue weighted by molar-refractivity contribution is 0.468. The van der Waals surface area contributed by atoms with Crippen LogP contribution >= 0.6 is 12.4 Å². The van der Waals surface area contributed by atoms with E-state index in [-0.39, 0.29) is 28.9 Å². The zero-order valence-corrected chi connectivity index (χ0v) is 10.5. The van der Waals surface area contributed by atoms with Crippen molar-refractivity contribution in [3.8, 4) is 5.75 Å². The largest absolute Gasteiger partial charge is 0.506 e. The summed E-state index contributed by atoms with van der Waals surface area (Å²) in [6, 6.07) is 7.06. The van der Waals surface area contributed by atoms with Crippen molar-refractivity contribution >= 4 is 39.0 Å². The van der Waals surface area contributed by atoms with Crippen LogP contribution in [0.15, 0.2) is 40.3 Å². The van der Waals surface area contributed by atoms with Gasteiger partial charge in [0, 0.05) is 16.8 Å². The molecule has 2 rings (SSSR count). The van der Waals surface area contributed by atoms with Gasteiger partial charge < -0.3 is 5.11 Å². The van der Waals surface area contributed by atoms with Crippen LogP contribution in [0.1, 0.15) is 0 Å². The normalized spacial score (nSPS) is 10.9. The Labute approximate surface area is 109 Å². The van der Waals surface area contributed by atoms with Crippen molar-refractivity contribution < 1.29 is 18.1 Å². The molecule has 0 radical (unpaired) electrons. The number of hydrogen-bond donors (Lipinski definition) is 3. The molecule has 2 aromatic carbocycles. The van der Waals surface area contributed by atoms with E-state index in [1.165, 1.54) is 12.1 Å². The Balaban J connectivity index is 0.00000162. The Bertz CT molecular complexity index is 715. The molecule has 0 saturated carbocycles. The lowest BCUT2D eigenvalue weighted by atomic mass is 10.1. The second-order valence-electron chi connectivity index (χ2n) is 3.37. The predicted molar refractivity (Wildman–Crippen MR) is 67.5 cm³/mol. The lowest BCUT2D eigenvalue weighted by Gasteiger charge is -2.07.